The molecule has 0 radical (unpaired) electrons. The minimum Gasteiger partial charge on any atom is -0.492 e. The molecule has 2 aromatic carbocycles. The average molecular weight is 462 g/mol. The maximum atomic E-state index is 13.2. The average Bonchev–Trinajstić information content (AvgIpc) is 2.77. The van der Waals surface area contributed by atoms with E-state index in [2.05, 4.69) is 10.6 Å². The number of rotatable bonds is 12. The van der Waals surface area contributed by atoms with Crippen LogP contribution in [0.3, 0.4) is 0 Å². The second kappa shape index (κ2) is 12.9. The summed E-state index contributed by atoms with van der Waals surface area (Å²) in [5, 5.41) is 5.71. The molecule has 4 N–H and O–H groups in total. The highest BCUT2D eigenvalue weighted by Crippen LogP contribution is 2.16. The molecule has 0 aromatic heterocycles. The van der Waals surface area contributed by atoms with Gasteiger partial charge in [-0.1, -0.05) is 51.1 Å². The topological polar surface area (TPSA) is 93.4 Å². The van der Waals surface area contributed by atoms with Crippen molar-refractivity contribution in [1.82, 2.24) is 10.6 Å². The highest BCUT2D eigenvalue weighted by atomic mass is 19.1. The lowest BCUT2D eigenvalue weighted by molar-refractivity contribution is -0.132. The number of hydrogen-bond acceptors (Lipinski definition) is 4. The smallest absolute Gasteiger partial charge is 0.243 e. The van der Waals surface area contributed by atoms with Crippen molar-refractivity contribution in [3.8, 4) is 5.75 Å². The van der Waals surface area contributed by atoms with E-state index in [4.69, 9.17) is 10.5 Å². The van der Waals surface area contributed by atoms with Crippen molar-refractivity contribution in [3.63, 3.8) is 0 Å². The number of halogens is 2. The van der Waals surface area contributed by atoms with Crippen molar-refractivity contribution in [2.45, 2.75) is 52.2 Å². The summed E-state index contributed by atoms with van der Waals surface area (Å²) in [4.78, 5) is 25.3. The second-order valence-electron chi connectivity index (χ2n) is 8.59. The molecule has 0 fully saturated rings. The first-order valence-electron chi connectivity index (χ1n) is 11.1. The van der Waals surface area contributed by atoms with Crippen molar-refractivity contribution in [2.75, 3.05) is 6.61 Å². The van der Waals surface area contributed by atoms with Gasteiger partial charge in [0.1, 0.15) is 30.0 Å². The zero-order valence-electron chi connectivity index (χ0n) is 19.3. The number of benzene rings is 2. The molecule has 2 amide bonds. The summed E-state index contributed by atoms with van der Waals surface area (Å²) in [6.07, 6.45) is 0.948. The van der Waals surface area contributed by atoms with E-state index >= 15 is 0 Å². The van der Waals surface area contributed by atoms with Crippen molar-refractivity contribution in [2.24, 2.45) is 17.6 Å². The largest absolute Gasteiger partial charge is 0.492 e. The van der Waals surface area contributed by atoms with Gasteiger partial charge in [-0.05, 0) is 24.3 Å². The number of nitrogens with one attached hydrogen (secondary N) is 2. The summed E-state index contributed by atoms with van der Waals surface area (Å²) in [7, 11) is 0. The van der Waals surface area contributed by atoms with E-state index in [1.807, 2.05) is 44.2 Å². The standard InChI is InChI=1S/C25H33F2N3O3/c1-16(2)23(25(32)29-14-18-7-5-4-6-8-18)30-24(31)17(3)9-10-21(28)15-33-22-12-19(26)11-20(27)13-22/h4-8,11-13,16-17,21,23H,9-10,14-15,28H2,1-3H3,(H,29,32)(H,30,31). The van der Waals surface area contributed by atoms with Crippen LogP contribution in [0.25, 0.3) is 0 Å². The summed E-state index contributed by atoms with van der Waals surface area (Å²) in [5.41, 5.74) is 7.01. The summed E-state index contributed by atoms with van der Waals surface area (Å²) in [6, 6.07) is 11.4. The maximum absolute atomic E-state index is 13.2. The zero-order chi connectivity index (χ0) is 24.4. The van der Waals surface area contributed by atoms with Crippen LogP contribution in [0.5, 0.6) is 5.75 Å². The molecule has 0 aliphatic carbocycles. The van der Waals surface area contributed by atoms with Gasteiger partial charge in [-0.3, -0.25) is 9.59 Å². The Morgan fingerprint density at radius 1 is 0.970 bits per heavy atom. The molecule has 2 aromatic rings. The Hall–Kier alpha value is -3.00. The van der Waals surface area contributed by atoms with E-state index in [-0.39, 0.29) is 36.0 Å². The molecule has 8 heteroatoms. The van der Waals surface area contributed by atoms with Crippen LogP contribution in [0, 0.1) is 23.5 Å². The molecule has 180 valence electrons. The zero-order valence-corrected chi connectivity index (χ0v) is 19.3. The number of carbonyl (C=O) groups excluding carboxylic acids is 2. The Kier molecular flexibility index (Phi) is 10.3. The molecule has 0 heterocycles. The third-order valence-electron chi connectivity index (χ3n) is 5.27. The maximum Gasteiger partial charge on any atom is 0.243 e. The van der Waals surface area contributed by atoms with E-state index in [9.17, 15) is 18.4 Å². The number of ether oxygens (including phenoxy) is 1. The lowest BCUT2D eigenvalue weighted by Crippen LogP contribution is -2.50. The van der Waals surface area contributed by atoms with E-state index in [0.29, 0.717) is 19.4 Å². The fraction of sp³-hybridized carbons (Fsp3) is 0.440. The quantitative estimate of drug-likeness (QED) is 0.451. The molecule has 0 aliphatic rings. The van der Waals surface area contributed by atoms with Gasteiger partial charge >= 0.3 is 0 Å². The second-order valence-corrected chi connectivity index (χ2v) is 8.59. The Bertz CT molecular complexity index is 889. The minimum absolute atomic E-state index is 0.0632. The number of amides is 2. The molecule has 33 heavy (non-hydrogen) atoms. The number of carbonyl (C=O) groups is 2. The Labute approximate surface area is 193 Å². The Morgan fingerprint density at radius 3 is 2.21 bits per heavy atom. The van der Waals surface area contributed by atoms with Crippen LogP contribution in [0.15, 0.2) is 48.5 Å². The molecule has 6 nitrogen and oxygen atoms in total. The van der Waals surface area contributed by atoms with Gasteiger partial charge in [0.15, 0.2) is 0 Å². The molecule has 3 atom stereocenters. The SMILES string of the molecule is CC(CCC(N)COc1cc(F)cc(F)c1)C(=O)NC(C(=O)NCc1ccccc1)C(C)C. The van der Waals surface area contributed by atoms with Crippen LogP contribution in [0.2, 0.25) is 0 Å². The molecule has 0 spiro atoms. The summed E-state index contributed by atoms with van der Waals surface area (Å²) < 4.78 is 31.8. The molecule has 0 saturated heterocycles. The normalized spacial score (nSPS) is 13.8. The molecule has 2 rings (SSSR count). The summed E-state index contributed by atoms with van der Waals surface area (Å²) in [6.45, 7) is 5.97. The predicted molar refractivity (Wildman–Crippen MR) is 123 cm³/mol. The fourth-order valence-electron chi connectivity index (χ4n) is 3.22. The van der Waals surface area contributed by atoms with Gasteiger partial charge in [0.05, 0.1) is 0 Å². The van der Waals surface area contributed by atoms with Gasteiger partial charge in [0.25, 0.3) is 0 Å². The highest BCUT2D eigenvalue weighted by Gasteiger charge is 2.26. The van der Waals surface area contributed by atoms with Crippen molar-refractivity contribution in [3.05, 3.63) is 65.7 Å². The molecular weight excluding hydrogens is 428 g/mol. The fourth-order valence-corrected chi connectivity index (χ4v) is 3.22. The lowest BCUT2D eigenvalue weighted by Gasteiger charge is -2.24. The van der Waals surface area contributed by atoms with E-state index in [0.717, 1.165) is 23.8 Å². The van der Waals surface area contributed by atoms with Crippen molar-refractivity contribution < 1.29 is 23.1 Å². The van der Waals surface area contributed by atoms with Crippen LogP contribution < -0.4 is 21.1 Å². The van der Waals surface area contributed by atoms with Crippen LogP contribution in [0.1, 0.15) is 39.2 Å². The predicted octanol–water partition coefficient (Wildman–Crippen LogP) is 3.54. The molecule has 0 saturated carbocycles. The van der Waals surface area contributed by atoms with Gasteiger partial charge in [-0.15, -0.1) is 0 Å². The third-order valence-corrected chi connectivity index (χ3v) is 5.27. The van der Waals surface area contributed by atoms with Gasteiger partial charge in [0.2, 0.25) is 11.8 Å². The molecule has 0 aliphatic heterocycles. The van der Waals surface area contributed by atoms with E-state index < -0.39 is 23.7 Å². The first-order valence-corrected chi connectivity index (χ1v) is 11.1. The van der Waals surface area contributed by atoms with Gasteiger partial charge in [-0.25, -0.2) is 8.78 Å². The monoisotopic (exact) mass is 461 g/mol. The van der Waals surface area contributed by atoms with Gasteiger partial charge in [-0.2, -0.15) is 0 Å². The third kappa shape index (κ3) is 9.18. The highest BCUT2D eigenvalue weighted by molar-refractivity contribution is 5.88. The summed E-state index contributed by atoms with van der Waals surface area (Å²) in [5.74, 6) is -2.31. The summed E-state index contributed by atoms with van der Waals surface area (Å²) >= 11 is 0. The Balaban J connectivity index is 1.78. The first-order chi connectivity index (χ1) is 15.7. The van der Waals surface area contributed by atoms with E-state index in [1.165, 1.54) is 0 Å². The van der Waals surface area contributed by atoms with Crippen LogP contribution in [-0.2, 0) is 16.1 Å². The number of hydrogen-bond donors (Lipinski definition) is 3. The van der Waals surface area contributed by atoms with E-state index in [1.54, 1.807) is 6.92 Å². The van der Waals surface area contributed by atoms with Gasteiger partial charge < -0.3 is 21.1 Å². The first kappa shape index (κ1) is 26.3. The lowest BCUT2D eigenvalue weighted by atomic mass is 9.98. The Morgan fingerprint density at radius 2 is 1.61 bits per heavy atom. The molecule has 0 bridgehead atoms. The van der Waals surface area contributed by atoms with Crippen LogP contribution in [-0.4, -0.2) is 30.5 Å². The van der Waals surface area contributed by atoms with Crippen LogP contribution >= 0.6 is 0 Å². The van der Waals surface area contributed by atoms with Crippen molar-refractivity contribution in [1.29, 1.82) is 0 Å². The molecular formula is C25H33F2N3O3. The minimum atomic E-state index is -0.726. The van der Waals surface area contributed by atoms with Gasteiger partial charge in [0, 0.05) is 36.7 Å². The van der Waals surface area contributed by atoms with Crippen LogP contribution in [0.4, 0.5) is 8.78 Å². The molecule has 3 unspecified atom stereocenters. The van der Waals surface area contributed by atoms with Crippen molar-refractivity contribution >= 4 is 11.8 Å². The number of nitrogens with two attached hydrogens (primary N) is 1.